The highest BCUT2D eigenvalue weighted by Crippen LogP contribution is 2.15. The van der Waals surface area contributed by atoms with Crippen molar-refractivity contribution in [2.45, 2.75) is 26.4 Å². The zero-order valence-electron chi connectivity index (χ0n) is 10.8. The summed E-state index contributed by atoms with van der Waals surface area (Å²) in [6.07, 6.45) is 4.81. The topological polar surface area (TPSA) is 67.2 Å². The van der Waals surface area contributed by atoms with E-state index in [1.807, 2.05) is 16.9 Å². The van der Waals surface area contributed by atoms with E-state index in [-0.39, 0.29) is 5.56 Å². The number of para-hydroxylation sites is 1. The molecule has 0 atom stereocenters. The van der Waals surface area contributed by atoms with Crippen LogP contribution in [0.1, 0.15) is 29.3 Å². The Morgan fingerprint density at radius 1 is 1.42 bits per heavy atom. The molecule has 0 fully saturated rings. The van der Waals surface area contributed by atoms with Gasteiger partial charge in [-0.3, -0.25) is 4.68 Å². The quantitative estimate of drug-likeness (QED) is 0.836. The van der Waals surface area contributed by atoms with Gasteiger partial charge in [0.25, 0.3) is 0 Å². The van der Waals surface area contributed by atoms with Gasteiger partial charge in [-0.05, 0) is 18.6 Å². The number of hydrogen-bond donors (Lipinski definition) is 2. The molecule has 5 nitrogen and oxygen atoms in total. The molecule has 19 heavy (non-hydrogen) atoms. The molecule has 1 aromatic carbocycles. The molecule has 1 aromatic heterocycles. The zero-order valence-corrected chi connectivity index (χ0v) is 10.8. The summed E-state index contributed by atoms with van der Waals surface area (Å²) in [6.45, 7) is 3.56. The molecule has 0 unspecified atom stereocenters. The van der Waals surface area contributed by atoms with Crippen molar-refractivity contribution in [3.05, 3.63) is 47.8 Å². The number of benzene rings is 1. The summed E-state index contributed by atoms with van der Waals surface area (Å²) in [6, 6.07) is 6.88. The van der Waals surface area contributed by atoms with Crippen molar-refractivity contribution >= 4 is 11.7 Å². The largest absolute Gasteiger partial charge is 0.478 e. The highest BCUT2D eigenvalue weighted by atomic mass is 16.4. The van der Waals surface area contributed by atoms with Crippen LogP contribution in [-0.2, 0) is 13.1 Å². The summed E-state index contributed by atoms with van der Waals surface area (Å²) in [5, 5.41) is 16.4. The lowest BCUT2D eigenvalue weighted by Gasteiger charge is -2.07. The van der Waals surface area contributed by atoms with E-state index < -0.39 is 5.97 Å². The van der Waals surface area contributed by atoms with E-state index in [9.17, 15) is 4.79 Å². The van der Waals surface area contributed by atoms with E-state index in [1.54, 1.807) is 24.4 Å². The molecular formula is C14H17N3O2. The first kappa shape index (κ1) is 13.1. The number of nitrogens with one attached hydrogen (secondary N) is 1. The smallest absolute Gasteiger partial charge is 0.337 e. The molecule has 0 aliphatic carbocycles. The van der Waals surface area contributed by atoms with Crippen molar-refractivity contribution < 1.29 is 9.90 Å². The summed E-state index contributed by atoms with van der Waals surface area (Å²) >= 11 is 0. The van der Waals surface area contributed by atoms with Crippen LogP contribution >= 0.6 is 0 Å². The second-order valence-electron chi connectivity index (χ2n) is 4.32. The van der Waals surface area contributed by atoms with Crippen LogP contribution in [0.15, 0.2) is 36.7 Å². The SMILES string of the molecule is CCCn1cc(CNc2ccccc2C(=O)O)cn1. The normalized spacial score (nSPS) is 10.4. The molecule has 5 heteroatoms. The molecule has 0 saturated carbocycles. The third kappa shape index (κ3) is 3.34. The molecule has 0 amide bonds. The lowest BCUT2D eigenvalue weighted by atomic mass is 10.2. The predicted molar refractivity (Wildman–Crippen MR) is 73.2 cm³/mol. The van der Waals surface area contributed by atoms with Gasteiger partial charge in [-0.2, -0.15) is 5.10 Å². The summed E-state index contributed by atoms with van der Waals surface area (Å²) in [5.74, 6) is -0.926. The zero-order chi connectivity index (χ0) is 13.7. The Bertz CT molecular complexity index is 563. The van der Waals surface area contributed by atoms with E-state index in [4.69, 9.17) is 5.11 Å². The number of hydrogen-bond acceptors (Lipinski definition) is 3. The summed E-state index contributed by atoms with van der Waals surface area (Å²) < 4.78 is 1.89. The van der Waals surface area contributed by atoms with Gasteiger partial charge < -0.3 is 10.4 Å². The number of aromatic carboxylic acids is 1. The summed E-state index contributed by atoms with van der Waals surface area (Å²) in [4.78, 5) is 11.1. The van der Waals surface area contributed by atoms with Gasteiger partial charge in [-0.25, -0.2) is 4.79 Å². The Kier molecular flexibility index (Phi) is 4.18. The maximum absolute atomic E-state index is 11.1. The van der Waals surface area contributed by atoms with Gasteiger partial charge in [0.1, 0.15) is 0 Å². The summed E-state index contributed by atoms with van der Waals surface area (Å²) in [5.41, 5.74) is 1.94. The third-order valence-electron chi connectivity index (χ3n) is 2.78. The van der Waals surface area contributed by atoms with Crippen molar-refractivity contribution in [1.29, 1.82) is 0 Å². The maximum Gasteiger partial charge on any atom is 0.337 e. The first-order valence-corrected chi connectivity index (χ1v) is 6.28. The van der Waals surface area contributed by atoms with Crippen LogP contribution in [0.2, 0.25) is 0 Å². The molecule has 2 rings (SSSR count). The van der Waals surface area contributed by atoms with Crippen molar-refractivity contribution in [2.24, 2.45) is 0 Å². The lowest BCUT2D eigenvalue weighted by Crippen LogP contribution is -2.05. The highest BCUT2D eigenvalue weighted by Gasteiger charge is 2.08. The lowest BCUT2D eigenvalue weighted by molar-refractivity contribution is 0.0698. The first-order valence-electron chi connectivity index (χ1n) is 6.28. The number of nitrogens with zero attached hydrogens (tertiary/aromatic N) is 2. The number of carboxylic acids is 1. The molecule has 2 N–H and O–H groups in total. The van der Waals surface area contributed by atoms with Crippen molar-refractivity contribution in [3.63, 3.8) is 0 Å². The van der Waals surface area contributed by atoms with Crippen molar-refractivity contribution in [2.75, 3.05) is 5.32 Å². The maximum atomic E-state index is 11.1. The van der Waals surface area contributed by atoms with Gasteiger partial charge in [0.05, 0.1) is 11.8 Å². The molecule has 0 saturated heterocycles. The Balaban J connectivity index is 2.03. The highest BCUT2D eigenvalue weighted by molar-refractivity contribution is 5.94. The van der Waals surface area contributed by atoms with E-state index in [0.29, 0.717) is 12.2 Å². The fourth-order valence-electron chi connectivity index (χ4n) is 1.87. The van der Waals surface area contributed by atoms with E-state index in [2.05, 4.69) is 17.3 Å². The van der Waals surface area contributed by atoms with Gasteiger partial charge >= 0.3 is 5.97 Å². The van der Waals surface area contributed by atoms with Crippen LogP contribution in [-0.4, -0.2) is 20.9 Å². The number of carboxylic acid groups (broad SMARTS) is 1. The molecule has 0 radical (unpaired) electrons. The standard InChI is InChI=1S/C14H17N3O2/c1-2-7-17-10-11(9-16-17)8-15-13-6-4-3-5-12(13)14(18)19/h3-6,9-10,15H,2,7-8H2,1H3,(H,18,19). The van der Waals surface area contributed by atoms with Crippen molar-refractivity contribution in [3.8, 4) is 0 Å². The monoisotopic (exact) mass is 259 g/mol. The van der Waals surface area contributed by atoms with Crippen LogP contribution in [0, 0.1) is 0 Å². The van der Waals surface area contributed by atoms with Crippen LogP contribution < -0.4 is 5.32 Å². The molecule has 2 aromatic rings. The summed E-state index contributed by atoms with van der Waals surface area (Å²) in [7, 11) is 0. The van der Waals surface area contributed by atoms with Gasteiger partial charge in [-0.15, -0.1) is 0 Å². The average molecular weight is 259 g/mol. The average Bonchev–Trinajstić information content (AvgIpc) is 2.85. The van der Waals surface area contributed by atoms with Gasteiger partial charge in [0.2, 0.25) is 0 Å². The second-order valence-corrected chi connectivity index (χ2v) is 4.32. The number of aryl methyl sites for hydroxylation is 1. The molecule has 0 aliphatic rings. The number of carbonyl (C=O) groups is 1. The van der Waals surface area contributed by atoms with Crippen LogP contribution in [0.25, 0.3) is 0 Å². The number of aromatic nitrogens is 2. The van der Waals surface area contributed by atoms with E-state index in [1.165, 1.54) is 0 Å². The molecule has 0 aliphatic heterocycles. The van der Waals surface area contributed by atoms with E-state index >= 15 is 0 Å². The minimum Gasteiger partial charge on any atom is -0.478 e. The Morgan fingerprint density at radius 3 is 2.95 bits per heavy atom. The van der Waals surface area contributed by atoms with Gasteiger partial charge in [0.15, 0.2) is 0 Å². The predicted octanol–water partition coefficient (Wildman–Crippen LogP) is 2.60. The second kappa shape index (κ2) is 6.04. The van der Waals surface area contributed by atoms with Gasteiger partial charge in [0, 0.05) is 30.5 Å². The third-order valence-corrected chi connectivity index (χ3v) is 2.78. The molecular weight excluding hydrogens is 242 g/mol. The molecule has 0 spiro atoms. The fraction of sp³-hybridized carbons (Fsp3) is 0.286. The van der Waals surface area contributed by atoms with Crippen molar-refractivity contribution in [1.82, 2.24) is 9.78 Å². The van der Waals surface area contributed by atoms with E-state index in [0.717, 1.165) is 18.5 Å². The number of anilines is 1. The Hall–Kier alpha value is -2.30. The molecule has 100 valence electrons. The fourth-order valence-corrected chi connectivity index (χ4v) is 1.87. The number of rotatable bonds is 6. The molecule has 1 heterocycles. The minimum absolute atomic E-state index is 0.281. The van der Waals surface area contributed by atoms with Crippen LogP contribution in [0.3, 0.4) is 0 Å². The first-order chi connectivity index (χ1) is 9.20. The minimum atomic E-state index is -0.926. The Morgan fingerprint density at radius 2 is 2.21 bits per heavy atom. The van der Waals surface area contributed by atoms with Gasteiger partial charge in [-0.1, -0.05) is 19.1 Å². The Labute approximate surface area is 111 Å². The molecule has 0 bridgehead atoms. The van der Waals surface area contributed by atoms with Crippen LogP contribution in [0.5, 0.6) is 0 Å². The van der Waals surface area contributed by atoms with Crippen LogP contribution in [0.4, 0.5) is 5.69 Å².